The first kappa shape index (κ1) is 21.9. The monoisotopic (exact) mass is 418 g/mol. The summed E-state index contributed by atoms with van der Waals surface area (Å²) >= 11 is 0. The van der Waals surface area contributed by atoms with Crippen molar-refractivity contribution >= 4 is 17.5 Å². The number of carbonyl (C=O) groups is 2. The summed E-state index contributed by atoms with van der Waals surface area (Å²) in [5, 5.41) is 2.90. The van der Waals surface area contributed by atoms with E-state index in [2.05, 4.69) is 5.32 Å². The number of carbonyl (C=O) groups excluding carboxylic acids is 2. The largest absolute Gasteiger partial charge is 0.416 e. The second-order valence-corrected chi connectivity index (χ2v) is 8.04. The van der Waals surface area contributed by atoms with Gasteiger partial charge in [-0.05, 0) is 60.2 Å². The molecule has 0 saturated heterocycles. The summed E-state index contributed by atoms with van der Waals surface area (Å²) in [7, 11) is 0. The molecule has 0 radical (unpaired) electrons. The average molecular weight is 418 g/mol. The molecule has 160 valence electrons. The van der Waals surface area contributed by atoms with Gasteiger partial charge in [-0.2, -0.15) is 13.2 Å². The average Bonchev–Trinajstić information content (AvgIpc) is 3.10. The van der Waals surface area contributed by atoms with Gasteiger partial charge in [0.1, 0.15) is 0 Å². The summed E-state index contributed by atoms with van der Waals surface area (Å²) in [4.78, 5) is 26.3. The zero-order valence-corrected chi connectivity index (χ0v) is 17.2. The van der Waals surface area contributed by atoms with Crippen LogP contribution in [0.3, 0.4) is 0 Å². The minimum Gasteiger partial charge on any atom is -0.345 e. The molecule has 0 aliphatic carbocycles. The second kappa shape index (κ2) is 8.50. The summed E-state index contributed by atoms with van der Waals surface area (Å²) in [5.74, 6) is -0.219. The van der Waals surface area contributed by atoms with E-state index in [1.165, 1.54) is 13.0 Å². The first-order chi connectivity index (χ1) is 14.1. The molecule has 1 heterocycles. The van der Waals surface area contributed by atoms with Crippen LogP contribution in [0, 0.1) is 5.92 Å². The summed E-state index contributed by atoms with van der Waals surface area (Å²) in [6, 6.07) is 9.71. The van der Waals surface area contributed by atoms with Gasteiger partial charge in [0.05, 0.1) is 11.6 Å². The van der Waals surface area contributed by atoms with Crippen LogP contribution in [0.5, 0.6) is 0 Å². The number of anilines is 1. The molecular formula is C23H25F3N2O2. The molecule has 0 spiro atoms. The van der Waals surface area contributed by atoms with Crippen LogP contribution in [-0.2, 0) is 17.4 Å². The standard InChI is InChI=1S/C23H25F3N2O2/c1-14(2)11-20(16-5-4-6-19(13-16)23(24,25)26)27-22(30)18-7-8-21-17(12-18)9-10-28(21)15(3)29/h4-8,12-14,20H,9-11H2,1-3H3,(H,27,30). The van der Waals surface area contributed by atoms with Crippen molar-refractivity contribution in [2.24, 2.45) is 5.92 Å². The minimum atomic E-state index is -4.44. The molecule has 4 nitrogen and oxygen atoms in total. The van der Waals surface area contributed by atoms with Gasteiger partial charge in [0.25, 0.3) is 5.91 Å². The van der Waals surface area contributed by atoms with E-state index in [0.717, 1.165) is 23.4 Å². The lowest BCUT2D eigenvalue weighted by molar-refractivity contribution is -0.137. The number of hydrogen-bond donors (Lipinski definition) is 1. The van der Waals surface area contributed by atoms with E-state index in [0.29, 0.717) is 30.5 Å². The molecule has 0 fully saturated rings. The van der Waals surface area contributed by atoms with Crippen LogP contribution in [0.2, 0.25) is 0 Å². The van der Waals surface area contributed by atoms with E-state index < -0.39 is 17.8 Å². The Balaban J connectivity index is 1.84. The predicted molar refractivity (Wildman–Crippen MR) is 109 cm³/mol. The third kappa shape index (κ3) is 4.83. The quantitative estimate of drug-likeness (QED) is 0.732. The third-order valence-corrected chi connectivity index (χ3v) is 5.25. The smallest absolute Gasteiger partial charge is 0.345 e. The van der Waals surface area contributed by atoms with Gasteiger partial charge in [0.2, 0.25) is 5.91 Å². The Bertz CT molecular complexity index is 954. The topological polar surface area (TPSA) is 49.4 Å². The fraction of sp³-hybridized carbons (Fsp3) is 0.391. The van der Waals surface area contributed by atoms with Crippen LogP contribution < -0.4 is 10.2 Å². The highest BCUT2D eigenvalue weighted by Gasteiger charge is 2.31. The van der Waals surface area contributed by atoms with Gasteiger partial charge < -0.3 is 10.2 Å². The molecule has 1 aliphatic heterocycles. The lowest BCUT2D eigenvalue weighted by Gasteiger charge is -2.22. The summed E-state index contributed by atoms with van der Waals surface area (Å²) < 4.78 is 39.4. The maximum Gasteiger partial charge on any atom is 0.416 e. The molecule has 2 aromatic rings. The number of rotatable bonds is 5. The number of nitrogens with zero attached hydrogens (tertiary/aromatic N) is 1. The first-order valence-corrected chi connectivity index (χ1v) is 9.95. The van der Waals surface area contributed by atoms with Gasteiger partial charge in [-0.3, -0.25) is 9.59 Å². The number of halogens is 3. The molecular weight excluding hydrogens is 393 g/mol. The number of alkyl halides is 3. The van der Waals surface area contributed by atoms with Gasteiger partial charge >= 0.3 is 6.18 Å². The number of fused-ring (bicyclic) bond motifs is 1. The molecule has 2 aromatic carbocycles. The lowest BCUT2D eigenvalue weighted by atomic mass is 9.95. The molecule has 30 heavy (non-hydrogen) atoms. The maximum absolute atomic E-state index is 13.1. The van der Waals surface area contributed by atoms with Crippen molar-refractivity contribution in [3.8, 4) is 0 Å². The Hall–Kier alpha value is -2.83. The van der Waals surface area contributed by atoms with Gasteiger partial charge in [-0.1, -0.05) is 26.0 Å². The van der Waals surface area contributed by atoms with Crippen molar-refractivity contribution in [3.05, 3.63) is 64.7 Å². The molecule has 0 bridgehead atoms. The number of hydrogen-bond acceptors (Lipinski definition) is 2. The number of benzene rings is 2. The van der Waals surface area contributed by atoms with Crippen molar-refractivity contribution in [2.75, 3.05) is 11.4 Å². The van der Waals surface area contributed by atoms with Crippen molar-refractivity contribution in [2.45, 2.75) is 45.8 Å². The van der Waals surface area contributed by atoms with Gasteiger partial charge in [-0.15, -0.1) is 0 Å². The molecule has 0 aromatic heterocycles. The molecule has 1 unspecified atom stereocenters. The number of amides is 2. The van der Waals surface area contributed by atoms with Crippen molar-refractivity contribution < 1.29 is 22.8 Å². The fourth-order valence-electron chi connectivity index (χ4n) is 3.79. The second-order valence-electron chi connectivity index (χ2n) is 8.04. The summed E-state index contributed by atoms with van der Waals surface area (Å²) in [6.45, 7) is 5.99. The Morgan fingerprint density at radius 1 is 1.13 bits per heavy atom. The van der Waals surface area contributed by atoms with Crippen LogP contribution in [0.15, 0.2) is 42.5 Å². The van der Waals surface area contributed by atoms with E-state index in [4.69, 9.17) is 0 Å². The van der Waals surface area contributed by atoms with Crippen molar-refractivity contribution in [1.29, 1.82) is 0 Å². The molecule has 1 aliphatic rings. The van der Waals surface area contributed by atoms with Gasteiger partial charge in [0, 0.05) is 24.7 Å². The van der Waals surface area contributed by atoms with E-state index in [-0.39, 0.29) is 17.7 Å². The Labute approximate surface area is 174 Å². The summed E-state index contributed by atoms with van der Waals surface area (Å²) in [5.41, 5.74) is 1.84. The molecule has 0 saturated carbocycles. The predicted octanol–water partition coefficient (Wildman–Crippen LogP) is 5.13. The zero-order valence-electron chi connectivity index (χ0n) is 17.2. The van der Waals surface area contributed by atoms with E-state index in [1.54, 1.807) is 29.2 Å². The fourth-order valence-corrected chi connectivity index (χ4v) is 3.79. The highest BCUT2D eigenvalue weighted by Crippen LogP contribution is 2.33. The van der Waals surface area contributed by atoms with Crippen LogP contribution in [-0.4, -0.2) is 18.4 Å². The molecule has 1 atom stereocenters. The van der Waals surface area contributed by atoms with E-state index in [1.807, 2.05) is 13.8 Å². The Morgan fingerprint density at radius 3 is 2.50 bits per heavy atom. The van der Waals surface area contributed by atoms with Crippen LogP contribution in [0.25, 0.3) is 0 Å². The lowest BCUT2D eigenvalue weighted by Crippen LogP contribution is -2.30. The SMILES string of the molecule is CC(=O)N1CCc2cc(C(=O)NC(CC(C)C)c3cccc(C(F)(F)F)c3)ccc21. The first-order valence-electron chi connectivity index (χ1n) is 9.95. The van der Waals surface area contributed by atoms with E-state index >= 15 is 0 Å². The van der Waals surface area contributed by atoms with Crippen LogP contribution in [0.1, 0.15) is 60.3 Å². The van der Waals surface area contributed by atoms with Crippen LogP contribution in [0.4, 0.5) is 18.9 Å². The zero-order chi connectivity index (χ0) is 22.1. The molecule has 2 amide bonds. The third-order valence-electron chi connectivity index (χ3n) is 5.25. The highest BCUT2D eigenvalue weighted by atomic mass is 19.4. The highest BCUT2D eigenvalue weighted by molar-refractivity contribution is 5.98. The maximum atomic E-state index is 13.1. The van der Waals surface area contributed by atoms with Crippen molar-refractivity contribution in [1.82, 2.24) is 5.32 Å². The van der Waals surface area contributed by atoms with Crippen molar-refractivity contribution in [3.63, 3.8) is 0 Å². The molecule has 3 rings (SSSR count). The normalized spacial score (nSPS) is 14.6. The Kier molecular flexibility index (Phi) is 6.19. The summed E-state index contributed by atoms with van der Waals surface area (Å²) in [6.07, 6.45) is -3.26. The van der Waals surface area contributed by atoms with E-state index in [9.17, 15) is 22.8 Å². The van der Waals surface area contributed by atoms with Gasteiger partial charge in [-0.25, -0.2) is 0 Å². The minimum absolute atomic E-state index is 0.0486. The molecule has 1 N–H and O–H groups in total. The molecule has 7 heteroatoms. The van der Waals surface area contributed by atoms with Gasteiger partial charge in [0.15, 0.2) is 0 Å². The number of nitrogens with one attached hydrogen (secondary N) is 1. The Morgan fingerprint density at radius 2 is 1.87 bits per heavy atom. The van der Waals surface area contributed by atoms with Crippen LogP contribution >= 0.6 is 0 Å².